The van der Waals surface area contributed by atoms with Gasteiger partial charge in [0.2, 0.25) is 0 Å². The number of carbonyl (C=O) groups excluding carboxylic acids is 1. The van der Waals surface area contributed by atoms with E-state index in [4.69, 9.17) is 0 Å². The molecule has 0 saturated heterocycles. The fourth-order valence-electron chi connectivity index (χ4n) is 1.52. The van der Waals surface area contributed by atoms with Gasteiger partial charge >= 0.3 is 0 Å². The summed E-state index contributed by atoms with van der Waals surface area (Å²) >= 11 is 1.36. The third kappa shape index (κ3) is 7.60. The fraction of sp³-hybridized carbons (Fsp3) is 0.615. The van der Waals surface area contributed by atoms with Crippen molar-refractivity contribution >= 4 is 47.2 Å². The van der Waals surface area contributed by atoms with Crippen molar-refractivity contribution < 1.29 is 4.79 Å². The summed E-state index contributed by atoms with van der Waals surface area (Å²) in [5.74, 6) is 0.722. The molecule has 0 radical (unpaired) electrons. The molecular formula is C13H24IN5OS. The first-order chi connectivity index (χ1) is 9.69. The highest BCUT2D eigenvalue weighted by Gasteiger charge is 2.10. The molecule has 0 aromatic carbocycles. The van der Waals surface area contributed by atoms with Crippen LogP contribution < -0.4 is 16.0 Å². The van der Waals surface area contributed by atoms with Gasteiger partial charge in [0.1, 0.15) is 4.88 Å². The number of aliphatic imine (C=N–C) groups is 1. The van der Waals surface area contributed by atoms with E-state index in [0.29, 0.717) is 18.0 Å². The second-order valence-corrected chi connectivity index (χ2v) is 5.06. The highest BCUT2D eigenvalue weighted by molar-refractivity contribution is 14.0. The monoisotopic (exact) mass is 425 g/mol. The number of guanidine groups is 1. The molecule has 6 nitrogen and oxygen atoms in total. The lowest BCUT2D eigenvalue weighted by atomic mass is 10.4. The van der Waals surface area contributed by atoms with Gasteiger partial charge in [-0.1, -0.05) is 6.92 Å². The number of nitrogens with zero attached hydrogens (tertiary/aromatic N) is 2. The van der Waals surface area contributed by atoms with Crippen LogP contribution in [0.5, 0.6) is 0 Å². The van der Waals surface area contributed by atoms with Crippen molar-refractivity contribution in [2.45, 2.75) is 27.2 Å². The van der Waals surface area contributed by atoms with Crippen molar-refractivity contribution in [1.29, 1.82) is 0 Å². The van der Waals surface area contributed by atoms with Gasteiger partial charge in [0.25, 0.3) is 5.91 Å². The molecule has 120 valence electrons. The minimum atomic E-state index is -0.0673. The molecule has 0 saturated carbocycles. The number of nitrogens with one attached hydrogen (secondary N) is 3. The highest BCUT2D eigenvalue weighted by Crippen LogP contribution is 2.10. The summed E-state index contributed by atoms with van der Waals surface area (Å²) in [5.41, 5.74) is 2.46. The van der Waals surface area contributed by atoms with Crippen LogP contribution in [-0.4, -0.2) is 43.0 Å². The summed E-state index contributed by atoms with van der Waals surface area (Å²) in [6.45, 7) is 8.75. The van der Waals surface area contributed by atoms with Gasteiger partial charge < -0.3 is 16.0 Å². The van der Waals surface area contributed by atoms with Gasteiger partial charge in [-0.05, 0) is 20.3 Å². The predicted molar refractivity (Wildman–Crippen MR) is 98.9 cm³/mol. The van der Waals surface area contributed by atoms with Crippen LogP contribution in [0.1, 0.15) is 35.6 Å². The molecule has 8 heteroatoms. The Labute approximate surface area is 147 Å². The Kier molecular flexibility index (Phi) is 11.2. The van der Waals surface area contributed by atoms with Gasteiger partial charge in [-0.15, -0.1) is 35.3 Å². The molecule has 3 N–H and O–H groups in total. The van der Waals surface area contributed by atoms with Crippen LogP contribution in [0.3, 0.4) is 0 Å². The number of carbonyl (C=O) groups is 1. The molecule has 0 bridgehead atoms. The molecule has 0 spiro atoms. The van der Waals surface area contributed by atoms with E-state index in [1.807, 2.05) is 13.8 Å². The summed E-state index contributed by atoms with van der Waals surface area (Å²) in [4.78, 5) is 21.0. The molecule has 1 heterocycles. The van der Waals surface area contributed by atoms with E-state index < -0.39 is 0 Å². The molecule has 1 rings (SSSR count). The van der Waals surface area contributed by atoms with Gasteiger partial charge in [-0.25, -0.2) is 4.98 Å². The molecule has 0 aliphatic rings. The maximum absolute atomic E-state index is 11.9. The van der Waals surface area contributed by atoms with E-state index in [1.165, 1.54) is 11.3 Å². The van der Waals surface area contributed by atoms with Crippen molar-refractivity contribution in [3.05, 3.63) is 16.1 Å². The number of aryl methyl sites for hydroxylation is 1. The van der Waals surface area contributed by atoms with E-state index >= 15 is 0 Å². The Bertz CT molecular complexity index is 450. The Balaban J connectivity index is 0.00000400. The maximum Gasteiger partial charge on any atom is 0.263 e. The van der Waals surface area contributed by atoms with Crippen LogP contribution >= 0.6 is 35.3 Å². The van der Waals surface area contributed by atoms with Crippen molar-refractivity contribution in [1.82, 2.24) is 20.9 Å². The molecule has 0 unspecified atom stereocenters. The van der Waals surface area contributed by atoms with E-state index in [1.54, 1.807) is 5.51 Å². The van der Waals surface area contributed by atoms with Crippen molar-refractivity contribution in [2.75, 3.05) is 26.2 Å². The highest BCUT2D eigenvalue weighted by atomic mass is 127. The third-order valence-corrected chi connectivity index (χ3v) is 3.42. The molecule has 21 heavy (non-hydrogen) atoms. The normalized spacial score (nSPS) is 10.7. The third-order valence-electron chi connectivity index (χ3n) is 2.49. The lowest BCUT2D eigenvalue weighted by Gasteiger charge is -2.11. The minimum Gasteiger partial charge on any atom is -0.357 e. The minimum absolute atomic E-state index is 0. The topological polar surface area (TPSA) is 78.4 Å². The first kappa shape index (κ1) is 20.1. The Morgan fingerprint density at radius 2 is 2.00 bits per heavy atom. The second kappa shape index (κ2) is 11.7. The quantitative estimate of drug-likeness (QED) is 0.269. The molecular weight excluding hydrogens is 401 g/mol. The molecule has 0 aliphatic carbocycles. The number of hydrogen-bond donors (Lipinski definition) is 3. The number of aromatic nitrogens is 1. The SMILES string of the molecule is CCCN=C(NCC)NCCNC(=O)c1scnc1C.I. The van der Waals surface area contributed by atoms with Crippen LogP contribution in [0.25, 0.3) is 0 Å². The largest absolute Gasteiger partial charge is 0.357 e. The molecule has 1 aromatic rings. The fourth-order valence-corrected chi connectivity index (χ4v) is 2.24. The summed E-state index contributed by atoms with van der Waals surface area (Å²) < 4.78 is 0. The summed E-state index contributed by atoms with van der Waals surface area (Å²) in [6.07, 6.45) is 1.01. The predicted octanol–water partition coefficient (Wildman–Crippen LogP) is 1.76. The van der Waals surface area contributed by atoms with E-state index in [9.17, 15) is 4.79 Å². The first-order valence-electron chi connectivity index (χ1n) is 6.89. The standard InChI is InChI=1S/C13H23N5OS.HI/c1-4-6-16-13(14-5-2)17-8-7-15-12(19)11-10(3)18-9-20-11;/h9H,4-8H2,1-3H3,(H,15,19)(H2,14,16,17);1H. The van der Waals surface area contributed by atoms with Crippen LogP contribution in [0, 0.1) is 6.92 Å². The van der Waals surface area contributed by atoms with Crippen LogP contribution in [-0.2, 0) is 0 Å². The van der Waals surface area contributed by atoms with Crippen LogP contribution in [0.2, 0.25) is 0 Å². The Morgan fingerprint density at radius 3 is 2.57 bits per heavy atom. The van der Waals surface area contributed by atoms with Crippen molar-refractivity contribution in [3.63, 3.8) is 0 Å². The Hall–Kier alpha value is -0.900. The van der Waals surface area contributed by atoms with Gasteiger partial charge in [0.05, 0.1) is 11.2 Å². The molecule has 1 amide bonds. The van der Waals surface area contributed by atoms with Gasteiger partial charge in [0, 0.05) is 26.2 Å². The molecule has 1 aromatic heterocycles. The number of rotatable bonds is 7. The number of amides is 1. The number of thiazole rings is 1. The Morgan fingerprint density at radius 1 is 1.29 bits per heavy atom. The smallest absolute Gasteiger partial charge is 0.263 e. The van der Waals surface area contributed by atoms with Crippen molar-refractivity contribution in [2.24, 2.45) is 4.99 Å². The molecule has 0 aliphatic heterocycles. The van der Waals surface area contributed by atoms with E-state index in [0.717, 1.165) is 31.2 Å². The zero-order chi connectivity index (χ0) is 14.8. The summed E-state index contributed by atoms with van der Waals surface area (Å²) in [7, 11) is 0. The van der Waals surface area contributed by atoms with Crippen LogP contribution in [0.4, 0.5) is 0 Å². The van der Waals surface area contributed by atoms with Crippen LogP contribution in [0.15, 0.2) is 10.5 Å². The van der Waals surface area contributed by atoms with E-state index in [-0.39, 0.29) is 29.9 Å². The lowest BCUT2D eigenvalue weighted by Crippen LogP contribution is -2.41. The summed E-state index contributed by atoms with van der Waals surface area (Å²) in [6, 6.07) is 0. The second-order valence-electron chi connectivity index (χ2n) is 4.21. The average Bonchev–Trinajstić information content (AvgIpc) is 2.86. The first-order valence-corrected chi connectivity index (χ1v) is 7.77. The average molecular weight is 425 g/mol. The number of hydrogen-bond acceptors (Lipinski definition) is 4. The molecule has 0 fully saturated rings. The lowest BCUT2D eigenvalue weighted by molar-refractivity contribution is 0.0957. The zero-order valence-corrected chi connectivity index (χ0v) is 15.9. The van der Waals surface area contributed by atoms with Gasteiger partial charge in [-0.3, -0.25) is 9.79 Å². The van der Waals surface area contributed by atoms with Gasteiger partial charge in [-0.2, -0.15) is 0 Å². The van der Waals surface area contributed by atoms with Gasteiger partial charge in [0.15, 0.2) is 5.96 Å². The number of halogens is 1. The summed E-state index contributed by atoms with van der Waals surface area (Å²) in [5, 5.41) is 9.21. The van der Waals surface area contributed by atoms with E-state index in [2.05, 4.69) is 32.9 Å². The maximum atomic E-state index is 11.9. The molecule has 0 atom stereocenters. The van der Waals surface area contributed by atoms with Crippen molar-refractivity contribution in [3.8, 4) is 0 Å². The zero-order valence-electron chi connectivity index (χ0n) is 12.7.